The molecule has 1 amide bonds. The summed E-state index contributed by atoms with van der Waals surface area (Å²) < 4.78 is 0. The number of nitrogens with one attached hydrogen (secondary N) is 1. The van der Waals surface area contributed by atoms with Crippen LogP contribution in [0.2, 0.25) is 10.0 Å². The van der Waals surface area contributed by atoms with Gasteiger partial charge in [0, 0.05) is 25.9 Å². The number of hydrogen-bond acceptors (Lipinski definition) is 5. The summed E-state index contributed by atoms with van der Waals surface area (Å²) >= 11 is 13.4. The van der Waals surface area contributed by atoms with Crippen LogP contribution in [0.15, 0.2) is 28.3 Å². The number of benzene rings is 1. The minimum absolute atomic E-state index is 0.0215. The molecular weight excluding hydrogens is 393 g/mol. The highest BCUT2D eigenvalue weighted by Crippen LogP contribution is 2.25. The molecule has 9 heteroatoms. The molecule has 1 heterocycles. The van der Waals surface area contributed by atoms with Gasteiger partial charge in [-0.25, -0.2) is 5.01 Å². The molecule has 0 saturated heterocycles. The Bertz CT molecular complexity index is 760. The average Bonchev–Trinajstić information content (AvgIpc) is 2.64. The Hall–Kier alpha value is -1.75. The monoisotopic (exact) mass is 411 g/mol. The van der Waals surface area contributed by atoms with E-state index in [1.807, 2.05) is 18.5 Å². The third kappa shape index (κ3) is 5.90. The van der Waals surface area contributed by atoms with Crippen LogP contribution in [0.4, 0.5) is 0 Å². The summed E-state index contributed by atoms with van der Waals surface area (Å²) in [7, 11) is 0. The van der Waals surface area contributed by atoms with Crippen LogP contribution in [-0.2, 0) is 4.79 Å². The highest BCUT2D eigenvalue weighted by atomic mass is 35.5. The predicted molar refractivity (Wildman–Crippen MR) is 108 cm³/mol. The molecule has 1 N–H and O–H groups in total. The first-order valence-electron chi connectivity index (χ1n) is 8.12. The maximum absolute atomic E-state index is 12.1. The van der Waals surface area contributed by atoms with Gasteiger partial charge in [0.15, 0.2) is 11.4 Å². The average molecular weight is 412 g/mol. The quantitative estimate of drug-likeness (QED) is 0.253. The number of rotatable bonds is 6. The van der Waals surface area contributed by atoms with Crippen molar-refractivity contribution in [3.05, 3.63) is 33.8 Å². The topological polar surface area (TPSA) is 80.8 Å². The lowest BCUT2D eigenvalue weighted by atomic mass is 10.0. The lowest BCUT2D eigenvalue weighted by molar-refractivity contribution is -0.131. The van der Waals surface area contributed by atoms with Crippen LogP contribution in [0.1, 0.15) is 31.2 Å². The molecule has 2 rings (SSSR count). The maximum Gasteiger partial charge on any atom is 0.243 e. The molecule has 1 aliphatic heterocycles. The number of carbonyl (C=O) groups is 1. The van der Waals surface area contributed by atoms with E-state index in [0.29, 0.717) is 41.1 Å². The van der Waals surface area contributed by atoms with Crippen molar-refractivity contribution in [2.45, 2.75) is 25.7 Å². The van der Waals surface area contributed by atoms with Gasteiger partial charge in [-0.05, 0) is 36.8 Å². The van der Waals surface area contributed by atoms with Crippen molar-refractivity contribution in [3.63, 3.8) is 0 Å². The van der Waals surface area contributed by atoms with Gasteiger partial charge in [-0.1, -0.05) is 41.0 Å². The Morgan fingerprint density at radius 3 is 2.88 bits per heavy atom. The Balaban J connectivity index is 1.92. The van der Waals surface area contributed by atoms with Gasteiger partial charge >= 0.3 is 0 Å². The van der Waals surface area contributed by atoms with Gasteiger partial charge in [-0.15, -0.1) is 0 Å². The van der Waals surface area contributed by atoms with Crippen LogP contribution in [0.5, 0.6) is 0 Å². The van der Waals surface area contributed by atoms with E-state index in [1.54, 1.807) is 12.1 Å². The van der Waals surface area contributed by atoms with Gasteiger partial charge in [0.1, 0.15) is 0 Å². The first-order chi connectivity index (χ1) is 12.5. The van der Waals surface area contributed by atoms with Crippen LogP contribution >= 0.6 is 35.0 Å². The van der Waals surface area contributed by atoms with Crippen molar-refractivity contribution in [2.75, 3.05) is 19.3 Å². The minimum Gasteiger partial charge on any atom is -0.273 e. The third-order valence-corrected chi connectivity index (χ3v) is 5.10. The summed E-state index contributed by atoms with van der Waals surface area (Å²) in [6.45, 7) is 1.13. The first kappa shape index (κ1) is 20.6. The molecule has 0 bridgehead atoms. The molecule has 0 aromatic heterocycles. The fourth-order valence-electron chi connectivity index (χ4n) is 2.42. The molecule has 1 aliphatic rings. The van der Waals surface area contributed by atoms with Gasteiger partial charge in [0.2, 0.25) is 5.91 Å². The number of hydrazone groups is 1. The molecular formula is C17H19Cl2N5OS. The van der Waals surface area contributed by atoms with Crippen LogP contribution in [0.3, 0.4) is 0 Å². The second-order valence-corrected chi connectivity index (χ2v) is 7.14. The number of halogens is 2. The summed E-state index contributed by atoms with van der Waals surface area (Å²) in [6, 6.07) is 5.37. The normalized spacial score (nSPS) is 14.8. The van der Waals surface area contributed by atoms with Crippen LogP contribution in [0.25, 0.3) is 0 Å². The number of amides is 1. The fourth-order valence-corrected chi connectivity index (χ4v) is 3.08. The second kappa shape index (κ2) is 10.4. The van der Waals surface area contributed by atoms with E-state index in [0.717, 1.165) is 24.1 Å². The summed E-state index contributed by atoms with van der Waals surface area (Å²) in [5, 5.41) is 18.7. The van der Waals surface area contributed by atoms with Crippen molar-refractivity contribution in [1.82, 2.24) is 10.3 Å². The standard InChI is InChI=1S/C17H19Cl2N5OS/c1-26-17(22-11-20)21-8-2-3-9-24-16(25)7-6-15(23-24)12-4-5-13(18)14(19)10-12/h4-5,10H,2-3,6-9H2,1H3,(H,21,22). The Morgan fingerprint density at radius 2 is 2.19 bits per heavy atom. The van der Waals surface area contributed by atoms with Gasteiger partial charge < -0.3 is 0 Å². The van der Waals surface area contributed by atoms with Crippen molar-refractivity contribution in [2.24, 2.45) is 10.1 Å². The van der Waals surface area contributed by atoms with E-state index in [2.05, 4.69) is 15.4 Å². The van der Waals surface area contributed by atoms with Crippen LogP contribution < -0.4 is 5.32 Å². The number of unbranched alkanes of at least 4 members (excludes halogenated alkanes) is 1. The number of nitriles is 1. The third-order valence-electron chi connectivity index (χ3n) is 3.75. The molecule has 0 aliphatic carbocycles. The zero-order valence-corrected chi connectivity index (χ0v) is 16.7. The van der Waals surface area contributed by atoms with Gasteiger partial charge in [-0.2, -0.15) is 10.4 Å². The number of nitrogens with zero attached hydrogens (tertiary/aromatic N) is 4. The van der Waals surface area contributed by atoms with E-state index in [1.165, 1.54) is 16.8 Å². The smallest absolute Gasteiger partial charge is 0.243 e. The maximum atomic E-state index is 12.1. The molecule has 1 aromatic rings. The molecule has 26 heavy (non-hydrogen) atoms. The van der Waals surface area contributed by atoms with Crippen molar-refractivity contribution in [1.29, 1.82) is 5.26 Å². The van der Waals surface area contributed by atoms with E-state index >= 15 is 0 Å². The Morgan fingerprint density at radius 1 is 1.38 bits per heavy atom. The summed E-state index contributed by atoms with van der Waals surface area (Å²) in [6.07, 6.45) is 6.32. The van der Waals surface area contributed by atoms with Gasteiger partial charge in [0.05, 0.1) is 15.8 Å². The largest absolute Gasteiger partial charge is 0.273 e. The minimum atomic E-state index is 0.0215. The van der Waals surface area contributed by atoms with Gasteiger partial charge in [0.25, 0.3) is 0 Å². The number of amidine groups is 1. The van der Waals surface area contributed by atoms with E-state index in [4.69, 9.17) is 28.5 Å². The highest BCUT2D eigenvalue weighted by molar-refractivity contribution is 8.13. The molecule has 0 saturated carbocycles. The molecule has 0 spiro atoms. The molecule has 0 unspecified atom stereocenters. The van der Waals surface area contributed by atoms with Crippen molar-refractivity contribution < 1.29 is 4.79 Å². The Labute approximate surface area is 167 Å². The fraction of sp³-hybridized carbons (Fsp3) is 0.412. The molecule has 0 radical (unpaired) electrons. The number of hydrogen-bond donors (Lipinski definition) is 1. The SMILES string of the molecule is CSC(=NCCCCN1N=C(c2ccc(Cl)c(Cl)c2)CCC1=O)NC#N. The second-order valence-electron chi connectivity index (χ2n) is 5.53. The van der Waals surface area contributed by atoms with Crippen LogP contribution in [0, 0.1) is 11.5 Å². The zero-order valence-electron chi connectivity index (χ0n) is 14.3. The molecule has 1 aromatic carbocycles. The molecule has 138 valence electrons. The highest BCUT2D eigenvalue weighted by Gasteiger charge is 2.21. The van der Waals surface area contributed by atoms with E-state index in [-0.39, 0.29) is 5.91 Å². The van der Waals surface area contributed by atoms with Crippen LogP contribution in [-0.4, -0.2) is 41.1 Å². The molecule has 0 fully saturated rings. The Kier molecular flexibility index (Phi) is 8.23. The lowest BCUT2D eigenvalue weighted by Crippen LogP contribution is -2.32. The van der Waals surface area contributed by atoms with E-state index in [9.17, 15) is 4.79 Å². The summed E-state index contributed by atoms with van der Waals surface area (Å²) in [4.78, 5) is 16.4. The number of aliphatic imine (C=N–C) groups is 1. The summed E-state index contributed by atoms with van der Waals surface area (Å²) in [5.41, 5.74) is 1.72. The first-order valence-corrected chi connectivity index (χ1v) is 10.1. The van der Waals surface area contributed by atoms with Gasteiger partial charge in [-0.3, -0.25) is 15.1 Å². The summed E-state index contributed by atoms with van der Waals surface area (Å²) in [5.74, 6) is 0.0215. The number of carbonyl (C=O) groups excluding carboxylic acids is 1. The molecule has 6 nitrogen and oxygen atoms in total. The van der Waals surface area contributed by atoms with Crippen molar-refractivity contribution >= 4 is 51.8 Å². The lowest BCUT2D eigenvalue weighted by Gasteiger charge is -2.23. The predicted octanol–water partition coefficient (Wildman–Crippen LogP) is 3.89. The van der Waals surface area contributed by atoms with E-state index < -0.39 is 0 Å². The van der Waals surface area contributed by atoms with Crippen molar-refractivity contribution in [3.8, 4) is 6.19 Å². The molecule has 0 atom stereocenters. The number of thioether (sulfide) groups is 1. The zero-order chi connectivity index (χ0) is 18.9.